The topological polar surface area (TPSA) is 158 Å². The van der Waals surface area contributed by atoms with Crippen LogP contribution < -0.4 is 16.0 Å². The van der Waals surface area contributed by atoms with Crippen LogP contribution in [0.15, 0.2) is 71.4 Å². The molecule has 6 aromatic rings. The zero-order valence-corrected chi connectivity index (χ0v) is 31.3. The lowest BCUT2D eigenvalue weighted by atomic mass is 9.87. The lowest BCUT2D eigenvalue weighted by Crippen LogP contribution is -2.43. The van der Waals surface area contributed by atoms with Gasteiger partial charge in [-0.15, -0.1) is 0 Å². The fourth-order valence-corrected chi connectivity index (χ4v) is 9.32. The van der Waals surface area contributed by atoms with Crippen molar-refractivity contribution < 1.29 is 18.8 Å². The molecule has 5 N–H and O–H groups in total. The van der Waals surface area contributed by atoms with Gasteiger partial charge >= 0.3 is 0 Å². The van der Waals surface area contributed by atoms with Gasteiger partial charge in [-0.3, -0.25) is 19.4 Å². The molecule has 0 radical (unpaired) electrons. The first-order valence-electron chi connectivity index (χ1n) is 19.4. The Balaban J connectivity index is 0.000000147. The summed E-state index contributed by atoms with van der Waals surface area (Å²) >= 11 is 6.05. The second-order valence-electron chi connectivity index (χ2n) is 16.2. The summed E-state index contributed by atoms with van der Waals surface area (Å²) in [5.74, 6) is 0.664. The van der Waals surface area contributed by atoms with E-state index >= 15 is 0 Å². The Labute approximate surface area is 327 Å². The number of aromatic nitrogens is 4. The number of aromatic amines is 2. The highest BCUT2D eigenvalue weighted by atomic mass is 35.5. The third-order valence-electron chi connectivity index (χ3n) is 12.5. The lowest BCUT2D eigenvalue weighted by Gasteiger charge is -2.24. The number of pyridine rings is 2. The number of rotatable bonds is 4. The molecule has 12 heteroatoms. The van der Waals surface area contributed by atoms with Crippen LogP contribution in [0.2, 0.25) is 5.15 Å². The van der Waals surface area contributed by atoms with Gasteiger partial charge in [0.25, 0.3) is 17.7 Å². The Kier molecular flexibility index (Phi) is 7.32. The minimum absolute atomic E-state index is 0.0323. The second kappa shape index (κ2) is 12.3. The zero-order valence-electron chi connectivity index (χ0n) is 30.5. The molecule has 2 saturated carbocycles. The number of halogens is 1. The largest absolute Gasteiger partial charge is 0.449 e. The van der Waals surface area contributed by atoms with Crippen LogP contribution in [0.5, 0.6) is 0 Å². The molecule has 5 aromatic heterocycles. The van der Waals surface area contributed by atoms with Crippen molar-refractivity contribution in [3.05, 3.63) is 128 Å². The molecule has 280 valence electrons. The number of hydrogen-bond donors (Lipinski definition) is 5. The van der Waals surface area contributed by atoms with Gasteiger partial charge in [-0.05, 0) is 103 Å². The van der Waals surface area contributed by atoms with Gasteiger partial charge in [-0.1, -0.05) is 41.9 Å². The highest BCUT2D eigenvalue weighted by Gasteiger charge is 2.50. The molecule has 0 bridgehead atoms. The molecule has 2 spiro atoms. The Morgan fingerprint density at radius 1 is 0.750 bits per heavy atom. The maximum atomic E-state index is 12.9. The van der Waals surface area contributed by atoms with E-state index < -0.39 is 0 Å². The van der Waals surface area contributed by atoms with Crippen LogP contribution in [-0.4, -0.2) is 48.7 Å². The molecule has 3 amide bonds. The number of amides is 3. The van der Waals surface area contributed by atoms with Gasteiger partial charge in [0.2, 0.25) is 0 Å². The van der Waals surface area contributed by atoms with Crippen LogP contribution in [-0.2, 0) is 45.1 Å². The monoisotopic (exact) mass is 763 g/mol. The average molecular weight is 764 g/mol. The predicted octanol–water partition coefficient (Wildman–Crippen LogP) is 6.83. The summed E-state index contributed by atoms with van der Waals surface area (Å²) in [5.41, 5.74) is 14.4. The first-order chi connectivity index (χ1) is 27.2. The Morgan fingerprint density at radius 3 is 1.95 bits per heavy atom. The summed E-state index contributed by atoms with van der Waals surface area (Å²) in [6, 6.07) is 17.1. The van der Waals surface area contributed by atoms with E-state index in [0.29, 0.717) is 23.2 Å². The number of aryl methyl sites for hydroxylation is 2. The summed E-state index contributed by atoms with van der Waals surface area (Å²) < 4.78 is 5.88. The number of carbonyl (C=O) groups is 3. The summed E-state index contributed by atoms with van der Waals surface area (Å²) in [5, 5.41) is 9.82. The highest BCUT2D eigenvalue weighted by molar-refractivity contribution is 6.29. The van der Waals surface area contributed by atoms with E-state index in [4.69, 9.17) is 16.0 Å². The summed E-state index contributed by atoms with van der Waals surface area (Å²) in [6.07, 6.45) is 13.3. The number of benzene rings is 1. The molecule has 7 heterocycles. The Morgan fingerprint density at radius 2 is 1.34 bits per heavy atom. The van der Waals surface area contributed by atoms with Gasteiger partial charge in [-0.25, -0.2) is 4.98 Å². The highest BCUT2D eigenvalue weighted by Crippen LogP contribution is 2.47. The van der Waals surface area contributed by atoms with Crippen LogP contribution in [0, 0.1) is 0 Å². The molecule has 2 fully saturated rings. The smallest absolute Gasteiger partial charge is 0.287 e. The Hall–Kier alpha value is -5.94. The first kappa shape index (κ1) is 33.4. The number of furan rings is 1. The molecule has 11 nitrogen and oxygen atoms in total. The predicted molar refractivity (Wildman–Crippen MR) is 209 cm³/mol. The molecular formula is C44H38ClN7O4. The fraction of sp³-hybridized carbons (Fsp3) is 0.295. The Bertz CT molecular complexity index is 2650. The van der Waals surface area contributed by atoms with E-state index in [9.17, 15) is 14.4 Å². The van der Waals surface area contributed by atoms with E-state index in [2.05, 4.69) is 35.9 Å². The van der Waals surface area contributed by atoms with Gasteiger partial charge in [0.05, 0.1) is 22.5 Å². The molecule has 0 saturated heterocycles. The zero-order chi connectivity index (χ0) is 37.8. The number of nitrogens with zero attached hydrogens (tertiary/aromatic N) is 2. The van der Waals surface area contributed by atoms with Crippen molar-refractivity contribution in [2.24, 2.45) is 0 Å². The molecule has 56 heavy (non-hydrogen) atoms. The van der Waals surface area contributed by atoms with Crippen LogP contribution in [0.4, 0.5) is 0 Å². The molecule has 4 aliphatic carbocycles. The molecular weight excluding hydrogens is 726 g/mol. The van der Waals surface area contributed by atoms with E-state index in [0.717, 1.165) is 131 Å². The number of nitrogens with one attached hydrogen (secondary N) is 5. The SMILES string of the molecule is O=C(NCc1ccccc1)c1ccc(-c2cc3c(cn2)CCc2c-3[nH]c3c2C(=O)NC2(CC2)C3)o1.O=C1NC2(CC2)Cc2[nH]c3c(c21)CCc1cnc(Cl)cc1-3. The average Bonchev–Trinajstić information content (AvgIpc) is 3.91. The fourth-order valence-electron chi connectivity index (χ4n) is 9.16. The first-order valence-corrected chi connectivity index (χ1v) is 19.8. The van der Waals surface area contributed by atoms with Crippen molar-refractivity contribution in [1.82, 2.24) is 35.9 Å². The molecule has 1 aromatic carbocycles. The van der Waals surface area contributed by atoms with Gasteiger partial charge in [0.15, 0.2) is 11.5 Å². The molecule has 0 atom stereocenters. The molecule has 12 rings (SSSR count). The van der Waals surface area contributed by atoms with Crippen molar-refractivity contribution in [2.45, 2.75) is 81.8 Å². The minimum atomic E-state index is -0.266. The lowest BCUT2D eigenvalue weighted by molar-refractivity contribution is 0.0908. The van der Waals surface area contributed by atoms with Crippen molar-refractivity contribution in [3.8, 4) is 34.0 Å². The maximum absolute atomic E-state index is 12.9. The van der Waals surface area contributed by atoms with E-state index in [1.165, 1.54) is 5.56 Å². The van der Waals surface area contributed by atoms with Crippen molar-refractivity contribution in [1.29, 1.82) is 0 Å². The van der Waals surface area contributed by atoms with Crippen LogP contribution in [0.3, 0.4) is 0 Å². The summed E-state index contributed by atoms with van der Waals surface area (Å²) in [6.45, 7) is 0.432. The van der Waals surface area contributed by atoms with Gasteiger partial charge < -0.3 is 30.3 Å². The third-order valence-corrected chi connectivity index (χ3v) is 12.7. The summed E-state index contributed by atoms with van der Waals surface area (Å²) in [7, 11) is 0. The molecule has 0 unspecified atom stereocenters. The maximum Gasteiger partial charge on any atom is 0.287 e. The van der Waals surface area contributed by atoms with Crippen LogP contribution in [0.25, 0.3) is 34.0 Å². The van der Waals surface area contributed by atoms with Crippen molar-refractivity contribution >= 4 is 29.3 Å². The van der Waals surface area contributed by atoms with Crippen LogP contribution >= 0.6 is 11.6 Å². The number of hydrogen-bond acceptors (Lipinski definition) is 6. The van der Waals surface area contributed by atoms with Gasteiger partial charge in [0, 0.05) is 65.4 Å². The summed E-state index contributed by atoms with van der Waals surface area (Å²) in [4.78, 5) is 53.8. The van der Waals surface area contributed by atoms with Crippen LogP contribution in [0.1, 0.15) is 96.2 Å². The number of H-pyrrole nitrogens is 2. The van der Waals surface area contributed by atoms with E-state index in [1.54, 1.807) is 12.1 Å². The van der Waals surface area contributed by atoms with Gasteiger partial charge in [-0.2, -0.15) is 0 Å². The standard InChI is InChI=1S/C28H24N4O3.C16H14ClN3O/c33-26(30-14-16-4-2-1-3-5-16)23-9-8-22(35-23)20-12-19-17(15-29-20)6-7-18-24-21(31-25(18)19)13-28(10-11-28)32-27(24)34;17-12-5-10-8(7-18-12)1-2-9-13-11(19-14(9)10)6-16(3-4-16)20-15(13)21/h1-5,8-9,12,15,31H,6-7,10-11,13-14H2,(H,30,33)(H,32,34);5,7,19H,1-4,6H2,(H,20,21). The second-order valence-corrected chi connectivity index (χ2v) is 16.6. The number of fused-ring (bicyclic) bond motifs is 10. The minimum Gasteiger partial charge on any atom is -0.449 e. The molecule has 2 aliphatic heterocycles. The quantitative estimate of drug-likeness (QED) is 0.124. The van der Waals surface area contributed by atoms with Gasteiger partial charge in [0.1, 0.15) is 10.8 Å². The van der Waals surface area contributed by atoms with Crippen molar-refractivity contribution in [2.75, 3.05) is 0 Å². The number of carbonyl (C=O) groups excluding carboxylic acids is 3. The normalized spacial score (nSPS) is 18.2. The molecule has 6 aliphatic rings. The third kappa shape index (κ3) is 5.58. The van der Waals surface area contributed by atoms with E-state index in [-0.39, 0.29) is 34.6 Å². The van der Waals surface area contributed by atoms with E-state index in [1.807, 2.05) is 54.9 Å². The van der Waals surface area contributed by atoms with Crippen molar-refractivity contribution in [3.63, 3.8) is 0 Å².